The molecule has 100 valence electrons. The van der Waals surface area contributed by atoms with E-state index in [0.29, 0.717) is 0 Å². The Morgan fingerprint density at radius 1 is 0.950 bits per heavy atom. The zero-order valence-corrected chi connectivity index (χ0v) is 12.4. The molecule has 3 aromatic rings. The van der Waals surface area contributed by atoms with Gasteiger partial charge in [-0.25, -0.2) is 0 Å². The third kappa shape index (κ3) is 2.37. The smallest absolute Gasteiger partial charge is 0.0410 e. The van der Waals surface area contributed by atoms with Gasteiger partial charge in [0.2, 0.25) is 0 Å². The Hall–Kier alpha value is -2.00. The van der Waals surface area contributed by atoms with Crippen LogP contribution in [0.2, 0.25) is 0 Å². The normalized spacial score (nSPS) is 10.9. The number of hydrogen-bond acceptors (Lipinski definition) is 3. The van der Waals surface area contributed by atoms with Crippen molar-refractivity contribution in [1.29, 1.82) is 0 Å². The predicted octanol–water partition coefficient (Wildman–Crippen LogP) is 4.59. The number of anilines is 1. The summed E-state index contributed by atoms with van der Waals surface area (Å²) in [5, 5.41) is 2.19. The van der Waals surface area contributed by atoms with E-state index in [9.17, 15) is 0 Å². The summed E-state index contributed by atoms with van der Waals surface area (Å²) in [6.45, 7) is 4.14. The van der Waals surface area contributed by atoms with E-state index < -0.39 is 0 Å². The SMILES string of the molecule is Cc1cc2c(Sc3ccccc3C)ccc(N)c2cn1. The third-order valence-corrected chi connectivity index (χ3v) is 4.60. The maximum atomic E-state index is 6.05. The summed E-state index contributed by atoms with van der Waals surface area (Å²) in [5.41, 5.74) is 9.12. The maximum Gasteiger partial charge on any atom is 0.0410 e. The lowest BCUT2D eigenvalue weighted by Crippen LogP contribution is -1.91. The lowest BCUT2D eigenvalue weighted by molar-refractivity contribution is 1.22. The molecule has 0 aliphatic heterocycles. The topological polar surface area (TPSA) is 38.9 Å². The van der Waals surface area contributed by atoms with Crippen LogP contribution < -0.4 is 5.73 Å². The zero-order valence-electron chi connectivity index (χ0n) is 11.6. The Morgan fingerprint density at radius 3 is 2.55 bits per heavy atom. The van der Waals surface area contributed by atoms with Crippen molar-refractivity contribution in [2.45, 2.75) is 23.6 Å². The summed E-state index contributed by atoms with van der Waals surface area (Å²) >= 11 is 1.78. The van der Waals surface area contributed by atoms with Crippen molar-refractivity contribution in [3.05, 3.63) is 59.9 Å². The Morgan fingerprint density at radius 2 is 1.75 bits per heavy atom. The number of pyridine rings is 1. The van der Waals surface area contributed by atoms with Crippen molar-refractivity contribution in [2.24, 2.45) is 0 Å². The predicted molar refractivity (Wildman–Crippen MR) is 86.2 cm³/mol. The number of rotatable bonds is 2. The van der Waals surface area contributed by atoms with E-state index >= 15 is 0 Å². The minimum atomic E-state index is 0.779. The van der Waals surface area contributed by atoms with E-state index in [1.54, 1.807) is 11.8 Å². The summed E-state index contributed by atoms with van der Waals surface area (Å²) in [5.74, 6) is 0. The van der Waals surface area contributed by atoms with Gasteiger partial charge >= 0.3 is 0 Å². The largest absolute Gasteiger partial charge is 0.398 e. The van der Waals surface area contributed by atoms with Crippen LogP contribution in [0.15, 0.2) is 58.5 Å². The van der Waals surface area contributed by atoms with Crippen molar-refractivity contribution in [3.63, 3.8) is 0 Å². The van der Waals surface area contributed by atoms with Gasteiger partial charge in [-0.1, -0.05) is 30.0 Å². The second kappa shape index (κ2) is 5.17. The fourth-order valence-corrected chi connectivity index (χ4v) is 3.24. The van der Waals surface area contributed by atoms with Crippen LogP contribution in [0.4, 0.5) is 5.69 Å². The van der Waals surface area contributed by atoms with E-state index in [-0.39, 0.29) is 0 Å². The number of benzene rings is 2. The summed E-state index contributed by atoms with van der Waals surface area (Å²) < 4.78 is 0. The summed E-state index contributed by atoms with van der Waals surface area (Å²) in [4.78, 5) is 6.83. The summed E-state index contributed by atoms with van der Waals surface area (Å²) in [7, 11) is 0. The third-order valence-electron chi connectivity index (χ3n) is 3.34. The Labute approximate surface area is 123 Å². The molecule has 0 saturated heterocycles. The standard InChI is InChI=1S/C17H16N2S/c1-11-5-3-4-6-16(11)20-17-8-7-15(18)14-10-19-12(2)9-13(14)17/h3-10H,18H2,1-2H3. The fourth-order valence-electron chi connectivity index (χ4n) is 2.22. The first-order valence-corrected chi connectivity index (χ1v) is 7.35. The van der Waals surface area contributed by atoms with Gasteiger partial charge in [0.1, 0.15) is 0 Å². The minimum absolute atomic E-state index is 0.779. The fraction of sp³-hybridized carbons (Fsp3) is 0.118. The van der Waals surface area contributed by atoms with Gasteiger partial charge in [-0.3, -0.25) is 4.98 Å². The number of nitrogen functional groups attached to an aromatic ring is 1. The molecule has 1 heterocycles. The maximum absolute atomic E-state index is 6.05. The minimum Gasteiger partial charge on any atom is -0.398 e. The number of aryl methyl sites for hydroxylation is 2. The number of nitrogens with zero attached hydrogens (tertiary/aromatic N) is 1. The van der Waals surface area contributed by atoms with Crippen LogP contribution >= 0.6 is 11.8 Å². The first kappa shape index (κ1) is 13.0. The molecule has 3 rings (SSSR count). The highest BCUT2D eigenvalue weighted by Gasteiger charge is 2.08. The van der Waals surface area contributed by atoms with Gasteiger partial charge in [0, 0.05) is 38.1 Å². The Kier molecular flexibility index (Phi) is 3.36. The number of fused-ring (bicyclic) bond motifs is 1. The molecule has 0 aliphatic rings. The van der Waals surface area contributed by atoms with Crippen molar-refractivity contribution in [3.8, 4) is 0 Å². The van der Waals surface area contributed by atoms with Crippen molar-refractivity contribution >= 4 is 28.2 Å². The van der Waals surface area contributed by atoms with Crippen LogP contribution in [0.25, 0.3) is 10.8 Å². The van der Waals surface area contributed by atoms with Crippen molar-refractivity contribution < 1.29 is 0 Å². The summed E-state index contributed by atoms with van der Waals surface area (Å²) in [6, 6.07) is 14.6. The number of aromatic nitrogens is 1. The molecule has 2 N–H and O–H groups in total. The van der Waals surface area contributed by atoms with Crippen molar-refractivity contribution in [2.75, 3.05) is 5.73 Å². The van der Waals surface area contributed by atoms with E-state index in [2.05, 4.69) is 48.3 Å². The molecule has 20 heavy (non-hydrogen) atoms. The zero-order chi connectivity index (χ0) is 14.1. The molecule has 0 saturated carbocycles. The van der Waals surface area contributed by atoms with Crippen LogP contribution in [-0.4, -0.2) is 4.98 Å². The molecule has 0 amide bonds. The molecule has 3 heteroatoms. The van der Waals surface area contributed by atoms with Crippen LogP contribution in [0, 0.1) is 13.8 Å². The first-order valence-electron chi connectivity index (χ1n) is 6.53. The molecule has 0 radical (unpaired) electrons. The monoisotopic (exact) mass is 280 g/mol. The summed E-state index contributed by atoms with van der Waals surface area (Å²) in [6.07, 6.45) is 1.86. The number of nitrogens with two attached hydrogens (primary N) is 1. The van der Waals surface area contributed by atoms with Gasteiger partial charge in [0.05, 0.1) is 0 Å². The molecule has 0 spiro atoms. The molecular weight excluding hydrogens is 264 g/mol. The average Bonchev–Trinajstić information content (AvgIpc) is 2.44. The van der Waals surface area contributed by atoms with Crippen molar-refractivity contribution in [1.82, 2.24) is 4.98 Å². The quantitative estimate of drug-likeness (QED) is 0.698. The second-order valence-corrected chi connectivity index (χ2v) is 5.98. The number of hydrogen-bond donors (Lipinski definition) is 1. The van der Waals surface area contributed by atoms with E-state index in [1.807, 2.05) is 19.2 Å². The lowest BCUT2D eigenvalue weighted by Gasteiger charge is -2.10. The van der Waals surface area contributed by atoms with E-state index in [1.165, 1.54) is 20.7 Å². The molecule has 2 aromatic carbocycles. The van der Waals surface area contributed by atoms with E-state index in [0.717, 1.165) is 16.8 Å². The van der Waals surface area contributed by atoms with Gasteiger partial charge in [-0.15, -0.1) is 0 Å². The van der Waals surface area contributed by atoms with Crippen LogP contribution in [-0.2, 0) is 0 Å². The molecular formula is C17H16N2S. The molecule has 0 fully saturated rings. The van der Waals surface area contributed by atoms with E-state index in [4.69, 9.17) is 5.73 Å². The van der Waals surface area contributed by atoms with Crippen LogP contribution in [0.5, 0.6) is 0 Å². The molecule has 2 nitrogen and oxygen atoms in total. The second-order valence-electron chi connectivity index (χ2n) is 4.89. The first-order chi connectivity index (χ1) is 9.65. The van der Waals surface area contributed by atoms with Gasteiger partial charge in [0.25, 0.3) is 0 Å². The van der Waals surface area contributed by atoms with Gasteiger partial charge < -0.3 is 5.73 Å². The highest BCUT2D eigenvalue weighted by molar-refractivity contribution is 7.99. The Bertz CT molecular complexity index is 781. The lowest BCUT2D eigenvalue weighted by atomic mass is 10.1. The van der Waals surface area contributed by atoms with Crippen LogP contribution in [0.1, 0.15) is 11.3 Å². The van der Waals surface area contributed by atoms with Gasteiger partial charge in [0.15, 0.2) is 0 Å². The molecule has 0 bridgehead atoms. The molecule has 0 unspecified atom stereocenters. The Balaban J connectivity index is 2.15. The molecule has 0 atom stereocenters. The highest BCUT2D eigenvalue weighted by Crippen LogP contribution is 2.36. The molecule has 1 aromatic heterocycles. The highest BCUT2D eigenvalue weighted by atomic mass is 32.2. The van der Waals surface area contributed by atoms with Crippen LogP contribution in [0.3, 0.4) is 0 Å². The van der Waals surface area contributed by atoms with Gasteiger partial charge in [-0.2, -0.15) is 0 Å². The molecule has 0 aliphatic carbocycles. The average molecular weight is 280 g/mol. The van der Waals surface area contributed by atoms with Gasteiger partial charge in [-0.05, 0) is 43.7 Å².